The van der Waals surface area contributed by atoms with Crippen molar-refractivity contribution in [2.75, 3.05) is 11.9 Å². The molecule has 0 aliphatic carbocycles. The molecule has 2 N–H and O–H groups in total. The Bertz CT molecular complexity index is 831. The fourth-order valence-corrected chi connectivity index (χ4v) is 2.80. The molecule has 0 bridgehead atoms. The van der Waals surface area contributed by atoms with Crippen molar-refractivity contribution in [2.45, 2.75) is 26.2 Å². The number of phenols is 1. The maximum absolute atomic E-state index is 12.1. The first-order valence-electron chi connectivity index (χ1n) is 8.06. The van der Waals surface area contributed by atoms with E-state index in [0.717, 1.165) is 11.1 Å². The quantitative estimate of drug-likeness (QED) is 0.813. The maximum Gasteiger partial charge on any atom is 0.306 e. The van der Waals surface area contributed by atoms with E-state index in [2.05, 4.69) is 5.32 Å². The molecule has 25 heavy (non-hydrogen) atoms. The fraction of sp³-hybridized carbons (Fsp3) is 0.263. The van der Waals surface area contributed by atoms with Crippen molar-refractivity contribution < 1.29 is 24.2 Å². The first-order valence-corrected chi connectivity index (χ1v) is 8.06. The van der Waals surface area contributed by atoms with Crippen molar-refractivity contribution in [2.24, 2.45) is 0 Å². The van der Waals surface area contributed by atoms with E-state index in [9.17, 15) is 14.7 Å². The summed E-state index contributed by atoms with van der Waals surface area (Å²) in [6.07, 6.45) is 0.00558. The van der Waals surface area contributed by atoms with Gasteiger partial charge in [-0.3, -0.25) is 9.59 Å². The molecule has 0 saturated heterocycles. The normalized spacial score (nSPS) is 15.4. The van der Waals surface area contributed by atoms with Gasteiger partial charge in [-0.25, -0.2) is 0 Å². The molecule has 2 aromatic carbocycles. The van der Waals surface area contributed by atoms with E-state index < -0.39 is 11.9 Å². The zero-order valence-electron chi connectivity index (χ0n) is 14.0. The van der Waals surface area contributed by atoms with Gasteiger partial charge in [-0.15, -0.1) is 0 Å². The summed E-state index contributed by atoms with van der Waals surface area (Å²) in [5.41, 5.74) is 2.26. The second-order valence-corrected chi connectivity index (χ2v) is 5.87. The summed E-state index contributed by atoms with van der Waals surface area (Å²) in [6.45, 7) is 3.88. The summed E-state index contributed by atoms with van der Waals surface area (Å²) in [4.78, 5) is 23.8. The predicted molar refractivity (Wildman–Crippen MR) is 92.0 cm³/mol. The Kier molecular flexibility index (Phi) is 4.61. The number of benzene rings is 2. The fourth-order valence-electron chi connectivity index (χ4n) is 2.80. The second kappa shape index (κ2) is 6.84. The molecule has 6 nitrogen and oxygen atoms in total. The van der Waals surface area contributed by atoms with E-state index in [1.54, 1.807) is 37.3 Å². The smallest absolute Gasteiger partial charge is 0.306 e. The van der Waals surface area contributed by atoms with Gasteiger partial charge in [0.05, 0.1) is 18.9 Å². The van der Waals surface area contributed by atoms with Gasteiger partial charge in [0.1, 0.15) is 5.75 Å². The molecule has 3 rings (SSSR count). The zero-order valence-corrected chi connectivity index (χ0v) is 14.0. The van der Waals surface area contributed by atoms with Crippen LogP contribution in [-0.2, 0) is 14.3 Å². The highest BCUT2D eigenvalue weighted by atomic mass is 16.5. The number of anilines is 1. The van der Waals surface area contributed by atoms with E-state index in [0.29, 0.717) is 17.2 Å². The van der Waals surface area contributed by atoms with E-state index in [1.807, 2.05) is 13.0 Å². The van der Waals surface area contributed by atoms with Crippen molar-refractivity contribution in [3.8, 4) is 17.2 Å². The van der Waals surface area contributed by atoms with E-state index in [-0.39, 0.29) is 24.7 Å². The van der Waals surface area contributed by atoms with Crippen LogP contribution in [0.2, 0.25) is 0 Å². The van der Waals surface area contributed by atoms with Gasteiger partial charge in [0.25, 0.3) is 0 Å². The Hall–Kier alpha value is -3.02. The summed E-state index contributed by atoms with van der Waals surface area (Å²) >= 11 is 0. The Morgan fingerprint density at radius 3 is 2.76 bits per heavy atom. The van der Waals surface area contributed by atoms with Gasteiger partial charge in [-0.2, -0.15) is 0 Å². The molecule has 0 saturated carbocycles. The monoisotopic (exact) mass is 341 g/mol. The van der Waals surface area contributed by atoms with Crippen LogP contribution < -0.4 is 10.1 Å². The third-order valence-electron chi connectivity index (χ3n) is 3.99. The van der Waals surface area contributed by atoms with Gasteiger partial charge in [-0.1, -0.05) is 12.1 Å². The van der Waals surface area contributed by atoms with Gasteiger partial charge in [0.2, 0.25) is 5.91 Å². The van der Waals surface area contributed by atoms with Gasteiger partial charge in [0, 0.05) is 11.8 Å². The number of aromatic hydroxyl groups is 1. The molecule has 6 heteroatoms. The van der Waals surface area contributed by atoms with Crippen LogP contribution in [-0.4, -0.2) is 23.6 Å². The number of fused-ring (bicyclic) bond motifs is 1. The molecular weight excluding hydrogens is 322 g/mol. The minimum atomic E-state index is -0.559. The van der Waals surface area contributed by atoms with Crippen molar-refractivity contribution in [1.82, 2.24) is 0 Å². The highest BCUT2D eigenvalue weighted by molar-refractivity contribution is 6.04. The van der Waals surface area contributed by atoms with Crippen LogP contribution in [0.15, 0.2) is 36.4 Å². The third-order valence-corrected chi connectivity index (χ3v) is 3.99. The van der Waals surface area contributed by atoms with Crippen LogP contribution in [0.5, 0.6) is 17.2 Å². The average Bonchev–Trinajstić information content (AvgIpc) is 2.85. The lowest BCUT2D eigenvalue weighted by atomic mass is 9.97. The second-order valence-electron chi connectivity index (χ2n) is 5.87. The number of hydrogen-bond acceptors (Lipinski definition) is 5. The standard InChI is InChI=1S/C19H19NO5/c1-3-24-18(22)10-14-13-6-5-12(9-15(13)20-19(14)23)25-17-7-4-11(2)8-16(17)21/h4-9,14,21H,3,10H2,1-2H3,(H,20,23). The zero-order chi connectivity index (χ0) is 18.0. The number of rotatable bonds is 5. The Labute approximate surface area is 145 Å². The number of hydrogen-bond donors (Lipinski definition) is 2. The lowest BCUT2D eigenvalue weighted by molar-refractivity contribution is -0.144. The number of aryl methyl sites for hydroxylation is 1. The first-order chi connectivity index (χ1) is 12.0. The Balaban J connectivity index is 1.80. The van der Waals surface area contributed by atoms with Crippen LogP contribution in [0.4, 0.5) is 5.69 Å². The summed E-state index contributed by atoms with van der Waals surface area (Å²) in [6, 6.07) is 10.3. The van der Waals surface area contributed by atoms with Gasteiger partial charge in [0.15, 0.2) is 11.5 Å². The van der Waals surface area contributed by atoms with Crippen LogP contribution in [0.25, 0.3) is 0 Å². The number of carbonyl (C=O) groups is 2. The molecule has 0 fully saturated rings. The van der Waals surface area contributed by atoms with Gasteiger partial charge in [-0.05, 0) is 43.2 Å². The lowest BCUT2D eigenvalue weighted by Crippen LogP contribution is -2.17. The molecular formula is C19H19NO5. The SMILES string of the molecule is CCOC(=O)CC1C(=O)Nc2cc(Oc3ccc(C)cc3O)ccc21. The molecule has 1 heterocycles. The van der Waals surface area contributed by atoms with Gasteiger partial charge >= 0.3 is 5.97 Å². The minimum Gasteiger partial charge on any atom is -0.504 e. The van der Waals surface area contributed by atoms with E-state index in [1.165, 1.54) is 0 Å². The maximum atomic E-state index is 12.1. The molecule has 1 atom stereocenters. The predicted octanol–water partition coefficient (Wildman–Crippen LogP) is 3.48. The molecule has 1 aliphatic rings. The minimum absolute atomic E-state index is 0.00558. The largest absolute Gasteiger partial charge is 0.504 e. The summed E-state index contributed by atoms with van der Waals surface area (Å²) in [5.74, 6) is -0.340. The van der Waals surface area contributed by atoms with Crippen LogP contribution in [0, 0.1) is 6.92 Å². The number of amides is 1. The van der Waals surface area contributed by atoms with Crippen LogP contribution in [0.3, 0.4) is 0 Å². The molecule has 130 valence electrons. The van der Waals surface area contributed by atoms with Crippen molar-refractivity contribution in [1.29, 1.82) is 0 Å². The number of nitrogens with one attached hydrogen (secondary N) is 1. The van der Waals surface area contributed by atoms with Crippen molar-refractivity contribution in [3.05, 3.63) is 47.5 Å². The Morgan fingerprint density at radius 2 is 2.04 bits per heavy atom. The molecule has 1 amide bonds. The van der Waals surface area contributed by atoms with Crippen molar-refractivity contribution in [3.63, 3.8) is 0 Å². The number of carbonyl (C=O) groups excluding carboxylic acids is 2. The third kappa shape index (κ3) is 3.57. The number of esters is 1. The number of phenolic OH excluding ortho intramolecular Hbond substituents is 1. The van der Waals surface area contributed by atoms with Crippen LogP contribution in [0.1, 0.15) is 30.4 Å². The Morgan fingerprint density at radius 1 is 1.24 bits per heavy atom. The molecule has 0 radical (unpaired) electrons. The topological polar surface area (TPSA) is 84.9 Å². The highest BCUT2D eigenvalue weighted by Gasteiger charge is 2.33. The highest BCUT2D eigenvalue weighted by Crippen LogP contribution is 2.39. The summed E-state index contributed by atoms with van der Waals surface area (Å²) in [7, 11) is 0. The average molecular weight is 341 g/mol. The van der Waals surface area contributed by atoms with Crippen molar-refractivity contribution >= 4 is 17.6 Å². The summed E-state index contributed by atoms with van der Waals surface area (Å²) in [5, 5.41) is 12.7. The molecule has 0 spiro atoms. The number of ether oxygens (including phenoxy) is 2. The molecule has 0 aromatic heterocycles. The summed E-state index contributed by atoms with van der Waals surface area (Å²) < 4.78 is 10.6. The van der Waals surface area contributed by atoms with E-state index >= 15 is 0 Å². The van der Waals surface area contributed by atoms with E-state index in [4.69, 9.17) is 9.47 Å². The van der Waals surface area contributed by atoms with Crippen LogP contribution >= 0.6 is 0 Å². The molecule has 1 aliphatic heterocycles. The van der Waals surface area contributed by atoms with Gasteiger partial charge < -0.3 is 19.9 Å². The lowest BCUT2D eigenvalue weighted by Gasteiger charge is -2.11. The molecule has 2 aromatic rings. The molecule has 1 unspecified atom stereocenters. The first kappa shape index (κ1) is 16.8.